The van der Waals surface area contributed by atoms with Crippen molar-refractivity contribution in [2.75, 3.05) is 13.2 Å². The van der Waals surface area contributed by atoms with E-state index < -0.39 is 6.16 Å². The highest BCUT2D eigenvalue weighted by atomic mass is 16.7. The van der Waals surface area contributed by atoms with Crippen molar-refractivity contribution in [3.05, 3.63) is 29.8 Å². The van der Waals surface area contributed by atoms with E-state index in [1.165, 1.54) is 24.3 Å². The Bertz CT molecular complexity index is 396. The Balaban J connectivity index is 2.57. The van der Waals surface area contributed by atoms with E-state index in [0.29, 0.717) is 17.9 Å². The summed E-state index contributed by atoms with van der Waals surface area (Å²) in [6, 6.07) is 6.10. The molecule has 0 N–H and O–H groups in total. The van der Waals surface area contributed by atoms with E-state index in [1.54, 1.807) is 6.92 Å². The van der Waals surface area contributed by atoms with Gasteiger partial charge in [0.2, 0.25) is 0 Å². The third-order valence-corrected chi connectivity index (χ3v) is 1.99. The predicted octanol–water partition coefficient (Wildman–Crippen LogP) is 2.79. The van der Waals surface area contributed by atoms with E-state index in [1.807, 2.05) is 6.92 Å². The topological polar surface area (TPSA) is 61.8 Å². The molecule has 1 aromatic rings. The van der Waals surface area contributed by atoms with Crippen LogP contribution < -0.4 is 4.74 Å². The molecule has 98 valence electrons. The van der Waals surface area contributed by atoms with Crippen LogP contribution >= 0.6 is 0 Å². The van der Waals surface area contributed by atoms with Crippen molar-refractivity contribution in [2.24, 2.45) is 0 Å². The van der Waals surface area contributed by atoms with Crippen molar-refractivity contribution >= 4 is 12.1 Å². The number of carbonyl (C=O) groups is 2. The molecular weight excluding hydrogens is 236 g/mol. The molecule has 0 spiro atoms. The van der Waals surface area contributed by atoms with Crippen LogP contribution in [-0.4, -0.2) is 25.3 Å². The van der Waals surface area contributed by atoms with Crippen LogP contribution in [0.25, 0.3) is 0 Å². The molecule has 0 bridgehead atoms. The average molecular weight is 252 g/mol. The standard InChI is InChI=1S/C13H16O5/c1-3-9-17-12(14)10-5-7-11(8-6-10)18-13(15)16-4-2/h5-8H,3-4,9H2,1-2H3. The molecule has 5 heteroatoms. The number of rotatable bonds is 5. The lowest BCUT2D eigenvalue weighted by Crippen LogP contribution is -2.10. The summed E-state index contributed by atoms with van der Waals surface area (Å²) in [7, 11) is 0. The summed E-state index contributed by atoms with van der Waals surface area (Å²) in [5, 5.41) is 0. The monoisotopic (exact) mass is 252 g/mol. The molecule has 0 aromatic heterocycles. The van der Waals surface area contributed by atoms with Crippen LogP contribution in [0.3, 0.4) is 0 Å². The second kappa shape index (κ2) is 7.32. The molecular formula is C13H16O5. The molecule has 1 rings (SSSR count). The van der Waals surface area contributed by atoms with Gasteiger partial charge in [-0.3, -0.25) is 0 Å². The van der Waals surface area contributed by atoms with Crippen LogP contribution in [0.15, 0.2) is 24.3 Å². The SMILES string of the molecule is CCCOC(=O)c1ccc(OC(=O)OCC)cc1. The molecule has 0 amide bonds. The lowest BCUT2D eigenvalue weighted by molar-refractivity contribution is 0.0505. The minimum atomic E-state index is -0.765. The van der Waals surface area contributed by atoms with E-state index in [0.717, 1.165) is 6.42 Å². The van der Waals surface area contributed by atoms with Gasteiger partial charge in [-0.15, -0.1) is 0 Å². The van der Waals surface area contributed by atoms with Gasteiger partial charge in [0.05, 0.1) is 18.8 Å². The number of benzene rings is 1. The molecule has 5 nitrogen and oxygen atoms in total. The van der Waals surface area contributed by atoms with Gasteiger partial charge in [-0.25, -0.2) is 9.59 Å². The Morgan fingerprint density at radius 2 is 1.72 bits per heavy atom. The summed E-state index contributed by atoms with van der Waals surface area (Å²) < 4.78 is 14.4. The maximum absolute atomic E-state index is 11.5. The van der Waals surface area contributed by atoms with Gasteiger partial charge in [-0.05, 0) is 37.6 Å². The lowest BCUT2D eigenvalue weighted by Gasteiger charge is -2.05. The van der Waals surface area contributed by atoms with Crippen LogP contribution in [0, 0.1) is 0 Å². The molecule has 0 saturated carbocycles. The summed E-state index contributed by atoms with van der Waals surface area (Å²) in [5.74, 6) is -0.0694. The van der Waals surface area contributed by atoms with Crippen LogP contribution in [0.1, 0.15) is 30.6 Å². The van der Waals surface area contributed by atoms with Crippen molar-refractivity contribution < 1.29 is 23.8 Å². The molecule has 0 aliphatic rings. The number of esters is 1. The van der Waals surface area contributed by atoms with Crippen LogP contribution in [0.2, 0.25) is 0 Å². The largest absolute Gasteiger partial charge is 0.513 e. The summed E-state index contributed by atoms with van der Waals surface area (Å²) >= 11 is 0. The highest BCUT2D eigenvalue weighted by Gasteiger charge is 2.08. The molecule has 0 aliphatic heterocycles. The first kappa shape index (κ1) is 14.0. The van der Waals surface area contributed by atoms with Gasteiger partial charge >= 0.3 is 12.1 Å². The normalized spacial score (nSPS) is 9.67. The molecule has 18 heavy (non-hydrogen) atoms. The summed E-state index contributed by atoms with van der Waals surface area (Å²) in [5.41, 5.74) is 0.416. The highest BCUT2D eigenvalue weighted by molar-refractivity contribution is 5.89. The molecule has 0 saturated heterocycles. The number of ether oxygens (including phenoxy) is 3. The molecule has 1 aromatic carbocycles. The Morgan fingerprint density at radius 1 is 1.06 bits per heavy atom. The zero-order valence-electron chi connectivity index (χ0n) is 10.5. The minimum absolute atomic E-state index is 0.250. The van der Waals surface area contributed by atoms with Gasteiger partial charge in [0.15, 0.2) is 0 Å². The van der Waals surface area contributed by atoms with Gasteiger partial charge in [-0.1, -0.05) is 6.92 Å². The van der Waals surface area contributed by atoms with Gasteiger partial charge in [0.1, 0.15) is 5.75 Å². The van der Waals surface area contributed by atoms with E-state index >= 15 is 0 Å². The molecule has 0 aliphatic carbocycles. The number of hydrogen-bond acceptors (Lipinski definition) is 5. The van der Waals surface area contributed by atoms with Gasteiger partial charge in [-0.2, -0.15) is 0 Å². The molecule has 0 atom stereocenters. The quantitative estimate of drug-likeness (QED) is 0.595. The fourth-order valence-corrected chi connectivity index (χ4v) is 1.18. The predicted molar refractivity (Wildman–Crippen MR) is 64.7 cm³/mol. The van der Waals surface area contributed by atoms with Crippen LogP contribution in [-0.2, 0) is 9.47 Å². The van der Waals surface area contributed by atoms with Gasteiger partial charge in [0, 0.05) is 0 Å². The summed E-state index contributed by atoms with van der Waals surface area (Å²) in [6.45, 7) is 4.25. The van der Waals surface area contributed by atoms with Crippen molar-refractivity contribution in [1.29, 1.82) is 0 Å². The van der Waals surface area contributed by atoms with Crippen molar-refractivity contribution in [3.63, 3.8) is 0 Å². The Hall–Kier alpha value is -2.04. The first-order valence-electron chi connectivity index (χ1n) is 5.79. The first-order valence-corrected chi connectivity index (χ1v) is 5.79. The Morgan fingerprint density at radius 3 is 2.28 bits per heavy atom. The fraction of sp³-hybridized carbons (Fsp3) is 0.385. The van der Waals surface area contributed by atoms with Gasteiger partial charge in [0.25, 0.3) is 0 Å². The molecule has 0 radical (unpaired) electrons. The average Bonchev–Trinajstić information content (AvgIpc) is 2.37. The maximum Gasteiger partial charge on any atom is 0.513 e. The van der Waals surface area contributed by atoms with E-state index in [2.05, 4.69) is 4.74 Å². The number of carbonyl (C=O) groups excluding carboxylic acids is 2. The lowest BCUT2D eigenvalue weighted by atomic mass is 10.2. The zero-order valence-corrected chi connectivity index (χ0v) is 10.5. The zero-order chi connectivity index (χ0) is 13.4. The summed E-state index contributed by atoms with van der Waals surface area (Å²) in [4.78, 5) is 22.5. The van der Waals surface area contributed by atoms with Gasteiger partial charge < -0.3 is 14.2 Å². The minimum Gasteiger partial charge on any atom is -0.462 e. The van der Waals surface area contributed by atoms with Crippen LogP contribution in [0.5, 0.6) is 5.75 Å². The maximum atomic E-state index is 11.5. The van der Waals surface area contributed by atoms with E-state index in [-0.39, 0.29) is 12.6 Å². The number of hydrogen-bond donors (Lipinski definition) is 0. The molecule has 0 heterocycles. The second-order valence-corrected chi connectivity index (χ2v) is 3.45. The molecule has 0 fully saturated rings. The third-order valence-electron chi connectivity index (χ3n) is 1.99. The Labute approximate surface area is 106 Å². The third kappa shape index (κ3) is 4.45. The van der Waals surface area contributed by atoms with Crippen LogP contribution in [0.4, 0.5) is 4.79 Å². The molecule has 0 unspecified atom stereocenters. The first-order chi connectivity index (χ1) is 8.67. The second-order valence-electron chi connectivity index (χ2n) is 3.45. The van der Waals surface area contributed by atoms with Crippen molar-refractivity contribution in [3.8, 4) is 5.75 Å². The van der Waals surface area contributed by atoms with E-state index in [9.17, 15) is 9.59 Å². The highest BCUT2D eigenvalue weighted by Crippen LogP contribution is 2.13. The van der Waals surface area contributed by atoms with Crippen molar-refractivity contribution in [2.45, 2.75) is 20.3 Å². The fourth-order valence-electron chi connectivity index (χ4n) is 1.18. The Kier molecular flexibility index (Phi) is 5.70. The summed E-state index contributed by atoms with van der Waals surface area (Å²) in [6.07, 6.45) is 0.00861. The van der Waals surface area contributed by atoms with E-state index in [4.69, 9.17) is 9.47 Å². The smallest absolute Gasteiger partial charge is 0.462 e. The van der Waals surface area contributed by atoms with Crippen molar-refractivity contribution in [1.82, 2.24) is 0 Å².